The summed E-state index contributed by atoms with van der Waals surface area (Å²) in [6.07, 6.45) is 1.54. The number of hydrogen-bond acceptors (Lipinski definition) is 8. The second kappa shape index (κ2) is 15.5. The molecule has 242 valence electrons. The quantitative estimate of drug-likeness (QED) is 0.0727. The van der Waals surface area contributed by atoms with Crippen molar-refractivity contribution >= 4 is 57.5 Å². The van der Waals surface area contributed by atoms with E-state index in [0.717, 1.165) is 25.8 Å². The summed E-state index contributed by atoms with van der Waals surface area (Å²) >= 11 is 2.21. The fourth-order valence-electron chi connectivity index (χ4n) is 5.05. The molecule has 0 saturated carbocycles. The zero-order chi connectivity index (χ0) is 33.3. The van der Waals surface area contributed by atoms with Crippen molar-refractivity contribution in [1.29, 1.82) is 0 Å². The lowest BCUT2D eigenvalue weighted by molar-refractivity contribution is -0.139. The van der Waals surface area contributed by atoms with Crippen LogP contribution in [0.1, 0.15) is 36.6 Å². The molecule has 0 aliphatic carbocycles. The van der Waals surface area contributed by atoms with Crippen molar-refractivity contribution in [2.24, 2.45) is 5.10 Å². The number of methoxy groups -OCH3 is 1. The Balaban J connectivity index is 1.16. The topological polar surface area (TPSA) is 137 Å². The number of ether oxygens (including phenoxy) is 4. The van der Waals surface area contributed by atoms with Crippen molar-refractivity contribution in [1.82, 2.24) is 16.1 Å². The predicted octanol–water partition coefficient (Wildman–Crippen LogP) is 5.75. The summed E-state index contributed by atoms with van der Waals surface area (Å²) in [5.41, 5.74) is 5.58. The molecule has 0 fully saturated rings. The number of carbonyl (C=O) groups is 3. The molecule has 0 spiro atoms. The lowest BCUT2D eigenvalue weighted by atomic mass is 9.95. The fraction of sp³-hybridized carbons (Fsp3) is 0.200. The van der Waals surface area contributed by atoms with Gasteiger partial charge in [0, 0.05) is 5.70 Å². The summed E-state index contributed by atoms with van der Waals surface area (Å²) in [6.45, 7) is 3.63. The van der Waals surface area contributed by atoms with Gasteiger partial charge in [-0.05, 0) is 94.2 Å². The van der Waals surface area contributed by atoms with Crippen molar-refractivity contribution < 1.29 is 33.3 Å². The predicted molar refractivity (Wildman–Crippen MR) is 185 cm³/mol. The molecule has 4 aromatic rings. The first kappa shape index (κ1) is 33.3. The molecule has 0 aromatic heterocycles. The van der Waals surface area contributed by atoms with E-state index in [1.807, 2.05) is 36.4 Å². The molecule has 5 rings (SSSR count). The van der Waals surface area contributed by atoms with Crippen LogP contribution in [0.15, 0.2) is 95.2 Å². The van der Waals surface area contributed by atoms with Crippen LogP contribution in [0.4, 0.5) is 4.79 Å². The number of rotatable bonds is 12. The average molecular weight is 749 g/mol. The number of hydrogen-bond donors (Lipinski definition) is 3. The molecule has 0 radical (unpaired) electrons. The van der Waals surface area contributed by atoms with Crippen molar-refractivity contribution in [2.75, 3.05) is 20.3 Å². The van der Waals surface area contributed by atoms with E-state index in [1.54, 1.807) is 32.0 Å². The Morgan fingerprint density at radius 3 is 2.55 bits per heavy atom. The van der Waals surface area contributed by atoms with Crippen LogP contribution in [0.5, 0.6) is 17.2 Å². The number of fused-ring (bicyclic) bond motifs is 1. The van der Waals surface area contributed by atoms with Crippen molar-refractivity contribution in [3.63, 3.8) is 0 Å². The first-order chi connectivity index (χ1) is 22.8. The summed E-state index contributed by atoms with van der Waals surface area (Å²) in [5, 5.41) is 11.7. The van der Waals surface area contributed by atoms with E-state index in [0.29, 0.717) is 29.4 Å². The Bertz CT molecular complexity index is 1870. The average Bonchev–Trinajstić information content (AvgIpc) is 3.06. The van der Waals surface area contributed by atoms with Gasteiger partial charge in [-0.15, -0.1) is 0 Å². The number of halogens is 1. The highest BCUT2D eigenvalue weighted by atomic mass is 127. The standard InChI is InChI=1S/C35H33IN4O7/c1-4-45-34(42)32-21(2)38-35(43)39-33(32)24-13-15-29(30(17-24)44-3)47-20-31(41)40-37-18-22-12-14-28(27(36)16-22)46-19-25-10-7-9-23-8-5-6-11-26(23)25/h5-18,33H,4,19-20H2,1-3H3,(H,40,41)(H2,38,39,43)/b37-18-/t33-/m1/s1. The molecule has 0 bridgehead atoms. The molecule has 1 atom stereocenters. The van der Waals surface area contributed by atoms with Crippen LogP contribution in [0.25, 0.3) is 10.8 Å². The van der Waals surface area contributed by atoms with Gasteiger partial charge in [0.25, 0.3) is 5.91 Å². The number of hydrazone groups is 1. The Morgan fingerprint density at radius 2 is 1.77 bits per heavy atom. The van der Waals surface area contributed by atoms with Crippen molar-refractivity contribution in [2.45, 2.75) is 26.5 Å². The van der Waals surface area contributed by atoms with Crippen LogP contribution < -0.4 is 30.3 Å². The van der Waals surface area contributed by atoms with E-state index in [2.05, 4.69) is 68.0 Å². The second-order valence-corrected chi connectivity index (χ2v) is 11.6. The zero-order valence-electron chi connectivity index (χ0n) is 26.0. The van der Waals surface area contributed by atoms with Crippen LogP contribution in [-0.2, 0) is 20.9 Å². The van der Waals surface area contributed by atoms with Gasteiger partial charge in [0.1, 0.15) is 12.4 Å². The van der Waals surface area contributed by atoms with Crippen LogP contribution >= 0.6 is 22.6 Å². The number of nitrogens with zero attached hydrogens (tertiary/aromatic N) is 1. The number of benzene rings is 4. The van der Waals surface area contributed by atoms with Gasteiger partial charge in [0.15, 0.2) is 18.1 Å². The first-order valence-corrected chi connectivity index (χ1v) is 15.8. The summed E-state index contributed by atoms with van der Waals surface area (Å²) in [4.78, 5) is 37.3. The highest BCUT2D eigenvalue weighted by Gasteiger charge is 2.32. The van der Waals surface area contributed by atoms with E-state index < -0.39 is 23.9 Å². The summed E-state index contributed by atoms with van der Waals surface area (Å²) in [5.74, 6) is 0.326. The summed E-state index contributed by atoms with van der Waals surface area (Å²) in [6, 6.07) is 23.7. The van der Waals surface area contributed by atoms with Gasteiger partial charge in [-0.1, -0.05) is 48.5 Å². The fourth-order valence-corrected chi connectivity index (χ4v) is 5.74. The van der Waals surface area contributed by atoms with Gasteiger partial charge < -0.3 is 29.6 Å². The van der Waals surface area contributed by atoms with Crippen molar-refractivity contribution in [3.05, 3.63) is 110 Å². The first-order valence-electron chi connectivity index (χ1n) is 14.7. The van der Waals surface area contributed by atoms with E-state index >= 15 is 0 Å². The Morgan fingerprint density at radius 1 is 0.979 bits per heavy atom. The highest BCUT2D eigenvalue weighted by molar-refractivity contribution is 14.1. The van der Waals surface area contributed by atoms with E-state index in [9.17, 15) is 14.4 Å². The molecule has 0 saturated heterocycles. The van der Waals surface area contributed by atoms with Gasteiger partial charge in [-0.3, -0.25) is 4.79 Å². The zero-order valence-corrected chi connectivity index (χ0v) is 28.1. The molecule has 3 amide bonds. The highest BCUT2D eigenvalue weighted by Crippen LogP contribution is 2.34. The van der Waals surface area contributed by atoms with E-state index in [4.69, 9.17) is 18.9 Å². The summed E-state index contributed by atoms with van der Waals surface area (Å²) in [7, 11) is 1.45. The number of esters is 1. The molecule has 11 nitrogen and oxygen atoms in total. The smallest absolute Gasteiger partial charge is 0.338 e. The molecular weight excluding hydrogens is 715 g/mol. The van der Waals surface area contributed by atoms with Gasteiger partial charge in [0.2, 0.25) is 0 Å². The minimum Gasteiger partial charge on any atom is -0.493 e. The van der Waals surface area contributed by atoms with Gasteiger partial charge in [0.05, 0.1) is 35.1 Å². The lowest BCUT2D eigenvalue weighted by Gasteiger charge is -2.28. The Kier molecular flexibility index (Phi) is 10.9. The maximum atomic E-state index is 12.6. The third-order valence-corrected chi connectivity index (χ3v) is 8.11. The van der Waals surface area contributed by atoms with Crippen molar-refractivity contribution in [3.8, 4) is 17.2 Å². The molecular formula is C35H33IN4O7. The molecule has 1 heterocycles. The molecule has 1 aliphatic rings. The third-order valence-electron chi connectivity index (χ3n) is 7.27. The van der Waals surface area contributed by atoms with Crippen LogP contribution in [-0.4, -0.2) is 44.4 Å². The number of urea groups is 1. The second-order valence-electron chi connectivity index (χ2n) is 10.4. The summed E-state index contributed by atoms with van der Waals surface area (Å²) < 4.78 is 23.3. The molecule has 1 aliphatic heterocycles. The monoisotopic (exact) mass is 748 g/mol. The lowest BCUT2D eigenvalue weighted by Crippen LogP contribution is -2.45. The number of allylic oxidation sites excluding steroid dienone is 1. The van der Waals surface area contributed by atoms with E-state index in [1.165, 1.54) is 18.7 Å². The van der Waals surface area contributed by atoms with Gasteiger partial charge in [-0.2, -0.15) is 5.10 Å². The largest absolute Gasteiger partial charge is 0.493 e. The van der Waals surface area contributed by atoms with Crippen LogP contribution in [0.3, 0.4) is 0 Å². The Labute approximate surface area is 285 Å². The molecule has 12 heteroatoms. The normalized spacial score (nSPS) is 14.4. The van der Waals surface area contributed by atoms with E-state index in [-0.39, 0.29) is 18.8 Å². The number of carbonyl (C=O) groups excluding carboxylic acids is 3. The molecule has 0 unspecified atom stereocenters. The molecule has 3 N–H and O–H groups in total. The maximum absolute atomic E-state index is 12.6. The van der Waals surface area contributed by atoms with Crippen LogP contribution in [0.2, 0.25) is 0 Å². The SMILES string of the molecule is CCOC(=O)C1=C(C)NC(=O)N[C@@H]1c1ccc(OCC(=O)N/N=C\c2ccc(OCc3cccc4ccccc34)c(I)c2)c(OC)c1. The maximum Gasteiger partial charge on any atom is 0.338 e. The van der Waals surface area contributed by atoms with Gasteiger partial charge >= 0.3 is 12.0 Å². The Hall–Kier alpha value is -5.11. The third kappa shape index (κ3) is 8.19. The molecule has 47 heavy (non-hydrogen) atoms. The van der Waals surface area contributed by atoms with Crippen LogP contribution in [0, 0.1) is 3.57 Å². The van der Waals surface area contributed by atoms with Gasteiger partial charge in [-0.25, -0.2) is 15.0 Å². The number of nitrogens with one attached hydrogen (secondary N) is 3. The number of amides is 3. The minimum absolute atomic E-state index is 0.187. The minimum atomic E-state index is -0.767. The molecule has 4 aromatic carbocycles.